The summed E-state index contributed by atoms with van der Waals surface area (Å²) in [6, 6.07) is 10.4. The van der Waals surface area contributed by atoms with Gasteiger partial charge in [-0.05, 0) is 44.6 Å². The largest absolute Gasteiger partial charge is 0.368 e. The highest BCUT2D eigenvalue weighted by molar-refractivity contribution is 8.00. The lowest BCUT2D eigenvalue weighted by Crippen LogP contribution is -2.49. The molecule has 2 aliphatic heterocycles. The summed E-state index contributed by atoms with van der Waals surface area (Å²) in [6.45, 7) is 10.00. The molecule has 0 radical (unpaired) electrons. The van der Waals surface area contributed by atoms with Gasteiger partial charge in [-0.3, -0.25) is 9.79 Å². The Labute approximate surface area is 179 Å². The molecule has 1 atom stereocenters. The van der Waals surface area contributed by atoms with Gasteiger partial charge in [0.25, 0.3) is 0 Å². The third-order valence-electron chi connectivity index (χ3n) is 5.60. The van der Waals surface area contributed by atoms with Gasteiger partial charge in [-0.15, -0.1) is 0 Å². The van der Waals surface area contributed by atoms with Crippen molar-refractivity contribution >= 4 is 29.3 Å². The number of thioether (sulfide) groups is 1. The fourth-order valence-electron chi connectivity index (χ4n) is 3.85. The summed E-state index contributed by atoms with van der Waals surface area (Å²) >= 11 is 2.02. The Bertz CT molecular complexity index is 667. The van der Waals surface area contributed by atoms with E-state index in [1.54, 1.807) is 0 Å². The lowest BCUT2D eigenvalue weighted by Gasteiger charge is -2.36. The molecule has 3 rings (SSSR count). The van der Waals surface area contributed by atoms with Crippen molar-refractivity contribution in [2.75, 3.05) is 56.5 Å². The molecule has 160 valence electrons. The molecular formula is C22H35N5OS. The zero-order valence-corrected chi connectivity index (χ0v) is 18.6. The third-order valence-corrected chi connectivity index (χ3v) is 7.12. The van der Waals surface area contributed by atoms with Crippen molar-refractivity contribution in [2.45, 2.75) is 37.9 Å². The molecule has 0 spiro atoms. The number of carbonyl (C=O) groups is 1. The van der Waals surface area contributed by atoms with Crippen molar-refractivity contribution in [3.05, 3.63) is 30.3 Å². The minimum atomic E-state index is 0.222. The molecule has 2 heterocycles. The normalized spacial score (nSPS) is 22.6. The highest BCUT2D eigenvalue weighted by Crippen LogP contribution is 2.37. The molecular weight excluding hydrogens is 382 g/mol. The third kappa shape index (κ3) is 6.56. The van der Waals surface area contributed by atoms with Crippen molar-refractivity contribution in [3.8, 4) is 0 Å². The van der Waals surface area contributed by atoms with E-state index in [0.29, 0.717) is 13.0 Å². The molecule has 6 nitrogen and oxygen atoms in total. The number of guanidine groups is 1. The van der Waals surface area contributed by atoms with Gasteiger partial charge in [0.2, 0.25) is 5.91 Å². The van der Waals surface area contributed by atoms with E-state index in [9.17, 15) is 4.79 Å². The highest BCUT2D eigenvalue weighted by atomic mass is 32.2. The zero-order chi connectivity index (χ0) is 20.5. The van der Waals surface area contributed by atoms with E-state index >= 15 is 0 Å². The number of aliphatic imine (C=N–C) groups is 1. The molecule has 1 unspecified atom stereocenters. The fourth-order valence-corrected chi connectivity index (χ4v) is 5.07. The smallest absolute Gasteiger partial charge is 0.224 e. The second kappa shape index (κ2) is 10.8. The first-order valence-electron chi connectivity index (χ1n) is 10.8. The Hall–Kier alpha value is -1.89. The van der Waals surface area contributed by atoms with E-state index in [0.717, 1.165) is 45.2 Å². The van der Waals surface area contributed by atoms with Crippen LogP contribution in [0.25, 0.3) is 0 Å². The van der Waals surface area contributed by atoms with Gasteiger partial charge >= 0.3 is 0 Å². The van der Waals surface area contributed by atoms with Crippen molar-refractivity contribution < 1.29 is 4.79 Å². The molecule has 2 aliphatic rings. The number of para-hydroxylation sites is 1. The van der Waals surface area contributed by atoms with E-state index < -0.39 is 0 Å². The molecule has 2 saturated heterocycles. The number of anilines is 1. The van der Waals surface area contributed by atoms with Crippen LogP contribution < -0.4 is 15.5 Å². The van der Waals surface area contributed by atoms with Gasteiger partial charge in [-0.1, -0.05) is 18.2 Å². The standard InChI is InChI=1S/C22H35N5OS/c1-3-23-21(25-18-22(2)11-7-17-29-22)24-12-10-20(28)27-15-13-26(14-16-27)19-8-5-4-6-9-19/h4-6,8-9H,3,7,10-18H2,1-2H3,(H2,23,24,25). The van der Waals surface area contributed by atoms with E-state index in [1.807, 2.05) is 22.7 Å². The molecule has 7 heteroatoms. The number of nitrogens with one attached hydrogen (secondary N) is 2. The first-order valence-corrected chi connectivity index (χ1v) is 11.8. The van der Waals surface area contributed by atoms with E-state index in [4.69, 9.17) is 4.99 Å². The van der Waals surface area contributed by atoms with Crippen molar-refractivity contribution in [3.63, 3.8) is 0 Å². The summed E-state index contributed by atoms with van der Waals surface area (Å²) in [4.78, 5) is 21.7. The lowest BCUT2D eigenvalue weighted by atomic mass is 10.1. The van der Waals surface area contributed by atoms with E-state index in [-0.39, 0.29) is 10.7 Å². The van der Waals surface area contributed by atoms with Gasteiger partial charge in [0.15, 0.2) is 5.96 Å². The van der Waals surface area contributed by atoms with Crippen LogP contribution in [-0.4, -0.2) is 73.1 Å². The molecule has 0 saturated carbocycles. The van der Waals surface area contributed by atoms with Crippen LogP contribution in [0, 0.1) is 0 Å². The number of nitrogens with zero attached hydrogens (tertiary/aromatic N) is 3. The quantitative estimate of drug-likeness (QED) is 0.527. The Morgan fingerprint density at radius 2 is 1.93 bits per heavy atom. The average molecular weight is 418 g/mol. The molecule has 2 fully saturated rings. The molecule has 1 amide bonds. The molecule has 2 N–H and O–H groups in total. The first-order chi connectivity index (χ1) is 14.1. The van der Waals surface area contributed by atoms with Gasteiger partial charge in [0.1, 0.15) is 0 Å². The second-order valence-electron chi connectivity index (χ2n) is 7.98. The van der Waals surface area contributed by atoms with Gasteiger partial charge in [-0.25, -0.2) is 0 Å². The second-order valence-corrected chi connectivity index (χ2v) is 9.66. The Morgan fingerprint density at radius 3 is 2.59 bits per heavy atom. The van der Waals surface area contributed by atoms with Crippen LogP contribution in [0.15, 0.2) is 35.3 Å². The van der Waals surface area contributed by atoms with Crippen molar-refractivity contribution in [2.24, 2.45) is 4.99 Å². The maximum atomic E-state index is 12.6. The summed E-state index contributed by atoms with van der Waals surface area (Å²) in [6.07, 6.45) is 3.02. The summed E-state index contributed by atoms with van der Waals surface area (Å²) in [5.74, 6) is 2.28. The molecule has 1 aromatic rings. The van der Waals surface area contributed by atoms with Gasteiger partial charge in [0.05, 0.1) is 6.54 Å². The summed E-state index contributed by atoms with van der Waals surface area (Å²) in [5.41, 5.74) is 1.24. The first kappa shape index (κ1) is 21.8. The molecule has 0 aliphatic carbocycles. The van der Waals surface area contributed by atoms with Crippen LogP contribution in [0.4, 0.5) is 5.69 Å². The number of piperazine rings is 1. The monoisotopic (exact) mass is 417 g/mol. The van der Waals surface area contributed by atoms with Crippen LogP contribution in [0.3, 0.4) is 0 Å². The van der Waals surface area contributed by atoms with Crippen LogP contribution in [0.5, 0.6) is 0 Å². The number of carbonyl (C=O) groups excluding carboxylic acids is 1. The summed E-state index contributed by atoms with van der Waals surface area (Å²) in [7, 11) is 0. The minimum Gasteiger partial charge on any atom is -0.368 e. The molecule has 0 bridgehead atoms. The predicted octanol–water partition coefficient (Wildman–Crippen LogP) is 2.57. The zero-order valence-electron chi connectivity index (χ0n) is 17.8. The Balaban J connectivity index is 1.40. The van der Waals surface area contributed by atoms with Gasteiger partial charge < -0.3 is 20.4 Å². The minimum absolute atomic E-state index is 0.222. The number of amides is 1. The van der Waals surface area contributed by atoms with Crippen LogP contribution in [0.1, 0.15) is 33.1 Å². The maximum absolute atomic E-state index is 12.6. The number of hydrogen-bond acceptors (Lipinski definition) is 4. The molecule has 1 aromatic carbocycles. The summed E-state index contributed by atoms with van der Waals surface area (Å²) < 4.78 is 0.261. The number of benzene rings is 1. The van der Waals surface area contributed by atoms with Crippen LogP contribution in [0.2, 0.25) is 0 Å². The van der Waals surface area contributed by atoms with Crippen molar-refractivity contribution in [1.82, 2.24) is 15.5 Å². The Kier molecular flexibility index (Phi) is 8.09. The van der Waals surface area contributed by atoms with Crippen molar-refractivity contribution in [1.29, 1.82) is 0 Å². The van der Waals surface area contributed by atoms with Crippen LogP contribution in [-0.2, 0) is 4.79 Å². The highest BCUT2D eigenvalue weighted by Gasteiger charge is 2.29. The Morgan fingerprint density at radius 1 is 1.17 bits per heavy atom. The predicted molar refractivity (Wildman–Crippen MR) is 124 cm³/mol. The fraction of sp³-hybridized carbons (Fsp3) is 0.636. The SMILES string of the molecule is CCNC(=NCC1(C)CCCS1)NCCC(=O)N1CCN(c2ccccc2)CC1. The molecule has 29 heavy (non-hydrogen) atoms. The van der Waals surface area contributed by atoms with E-state index in [2.05, 4.69) is 53.6 Å². The van der Waals surface area contributed by atoms with Gasteiger partial charge in [0, 0.05) is 56.1 Å². The molecule has 0 aromatic heterocycles. The topological polar surface area (TPSA) is 60.0 Å². The van der Waals surface area contributed by atoms with Crippen LogP contribution >= 0.6 is 11.8 Å². The maximum Gasteiger partial charge on any atom is 0.224 e. The number of rotatable bonds is 7. The summed E-state index contributed by atoms with van der Waals surface area (Å²) in [5, 5.41) is 6.64. The lowest BCUT2D eigenvalue weighted by molar-refractivity contribution is -0.131. The average Bonchev–Trinajstić information content (AvgIpc) is 3.19. The number of hydrogen-bond donors (Lipinski definition) is 2. The van der Waals surface area contributed by atoms with E-state index in [1.165, 1.54) is 24.3 Å². The van der Waals surface area contributed by atoms with Gasteiger partial charge in [-0.2, -0.15) is 11.8 Å².